The number of hydrogen-bond donors (Lipinski definition) is 1. The highest BCUT2D eigenvalue weighted by molar-refractivity contribution is 7.90. The fourth-order valence-electron chi connectivity index (χ4n) is 1.51. The van der Waals surface area contributed by atoms with Gasteiger partial charge in [-0.3, -0.25) is 9.52 Å². The summed E-state index contributed by atoms with van der Waals surface area (Å²) in [5, 5.41) is 3.73. The number of thiophene rings is 1. The van der Waals surface area contributed by atoms with E-state index >= 15 is 0 Å². The first-order valence-corrected chi connectivity index (χ1v) is 8.62. The minimum absolute atomic E-state index is 0.0168. The SMILES string of the molecule is CCCCCS(=O)(=O)NC(=O)[C@H](C)c1ccsc1. The molecular formula is C12H19NO3S2. The van der Waals surface area contributed by atoms with Gasteiger partial charge in [-0.25, -0.2) is 8.42 Å². The molecule has 0 spiro atoms. The lowest BCUT2D eigenvalue weighted by Gasteiger charge is -2.11. The summed E-state index contributed by atoms with van der Waals surface area (Å²) in [4.78, 5) is 11.8. The lowest BCUT2D eigenvalue weighted by molar-refractivity contribution is -0.120. The zero-order valence-corrected chi connectivity index (χ0v) is 12.3. The first-order valence-electron chi connectivity index (χ1n) is 6.02. The van der Waals surface area contributed by atoms with Crippen molar-refractivity contribution in [3.05, 3.63) is 22.4 Å². The maximum atomic E-state index is 11.8. The van der Waals surface area contributed by atoms with Crippen LogP contribution < -0.4 is 4.72 Å². The summed E-state index contributed by atoms with van der Waals surface area (Å²) in [5.74, 6) is -0.870. The van der Waals surface area contributed by atoms with Gasteiger partial charge in [0.15, 0.2) is 0 Å². The van der Waals surface area contributed by atoms with Gasteiger partial charge in [0, 0.05) is 0 Å². The average Bonchev–Trinajstić information content (AvgIpc) is 2.80. The fourth-order valence-corrected chi connectivity index (χ4v) is 3.43. The molecule has 0 aromatic carbocycles. The molecule has 4 nitrogen and oxygen atoms in total. The van der Waals surface area contributed by atoms with E-state index in [4.69, 9.17) is 0 Å². The summed E-state index contributed by atoms with van der Waals surface area (Å²) < 4.78 is 25.5. The molecule has 0 bridgehead atoms. The van der Waals surface area contributed by atoms with Crippen molar-refractivity contribution in [3.8, 4) is 0 Å². The number of carbonyl (C=O) groups is 1. The standard InChI is InChI=1S/C12H19NO3S2/c1-3-4-5-8-18(15,16)13-12(14)10(2)11-6-7-17-9-11/h6-7,9-10H,3-5,8H2,1-2H3,(H,13,14)/t10-/m1/s1. The Hall–Kier alpha value is -0.880. The van der Waals surface area contributed by atoms with Crippen LogP contribution in [0.3, 0.4) is 0 Å². The van der Waals surface area contributed by atoms with Crippen LogP contribution in [0.25, 0.3) is 0 Å². The molecule has 0 radical (unpaired) electrons. The summed E-state index contributed by atoms with van der Waals surface area (Å²) in [6, 6.07) is 1.83. The second kappa shape index (κ2) is 6.89. The molecule has 0 aliphatic heterocycles. The maximum absolute atomic E-state index is 11.8. The highest BCUT2D eigenvalue weighted by atomic mass is 32.2. The Kier molecular flexibility index (Phi) is 5.81. The van der Waals surface area contributed by atoms with E-state index in [0.717, 1.165) is 18.4 Å². The fraction of sp³-hybridized carbons (Fsp3) is 0.583. The molecule has 1 N–H and O–H groups in total. The minimum atomic E-state index is -3.49. The average molecular weight is 289 g/mol. The third kappa shape index (κ3) is 4.78. The number of hydrogen-bond acceptors (Lipinski definition) is 4. The first-order chi connectivity index (χ1) is 8.46. The van der Waals surface area contributed by atoms with E-state index in [0.29, 0.717) is 6.42 Å². The first kappa shape index (κ1) is 15.2. The van der Waals surface area contributed by atoms with E-state index in [1.807, 2.05) is 23.8 Å². The summed E-state index contributed by atoms with van der Waals surface area (Å²) in [5.41, 5.74) is 0.848. The second-order valence-corrected chi connectivity index (χ2v) is 6.89. The molecule has 0 saturated carbocycles. The molecule has 6 heteroatoms. The Labute approximate surface area is 112 Å². The van der Waals surface area contributed by atoms with Gasteiger partial charge in [0.25, 0.3) is 0 Å². The predicted octanol–water partition coefficient (Wildman–Crippen LogP) is 2.49. The van der Waals surface area contributed by atoms with Gasteiger partial charge in [0.05, 0.1) is 11.7 Å². The monoisotopic (exact) mass is 289 g/mol. The van der Waals surface area contributed by atoms with Crippen molar-refractivity contribution >= 4 is 27.3 Å². The molecule has 0 saturated heterocycles. The van der Waals surface area contributed by atoms with Crippen LogP contribution in [0, 0.1) is 0 Å². The van der Waals surface area contributed by atoms with Crippen molar-refractivity contribution in [2.24, 2.45) is 0 Å². The lowest BCUT2D eigenvalue weighted by Crippen LogP contribution is -2.35. The van der Waals surface area contributed by atoms with E-state index < -0.39 is 21.8 Å². The number of sulfonamides is 1. The van der Waals surface area contributed by atoms with Crippen LogP contribution in [0.2, 0.25) is 0 Å². The Morgan fingerprint density at radius 3 is 2.72 bits per heavy atom. The zero-order chi connectivity index (χ0) is 13.6. The molecule has 0 aliphatic carbocycles. The topological polar surface area (TPSA) is 63.2 Å². The summed E-state index contributed by atoms with van der Waals surface area (Å²) >= 11 is 1.49. The summed E-state index contributed by atoms with van der Waals surface area (Å²) in [6.45, 7) is 3.71. The Morgan fingerprint density at radius 1 is 1.44 bits per heavy atom. The predicted molar refractivity (Wildman–Crippen MR) is 74.2 cm³/mol. The van der Waals surface area contributed by atoms with Gasteiger partial charge in [-0.2, -0.15) is 11.3 Å². The Balaban J connectivity index is 2.53. The minimum Gasteiger partial charge on any atom is -0.273 e. The van der Waals surface area contributed by atoms with Gasteiger partial charge in [-0.1, -0.05) is 19.8 Å². The van der Waals surface area contributed by atoms with Crippen molar-refractivity contribution in [1.29, 1.82) is 0 Å². The van der Waals surface area contributed by atoms with Crippen molar-refractivity contribution in [1.82, 2.24) is 4.72 Å². The van der Waals surface area contributed by atoms with Gasteiger partial charge in [-0.05, 0) is 35.7 Å². The van der Waals surface area contributed by atoms with Gasteiger partial charge in [-0.15, -0.1) is 0 Å². The number of carbonyl (C=O) groups excluding carboxylic acids is 1. The smallest absolute Gasteiger partial charge is 0.240 e. The number of nitrogens with one attached hydrogen (secondary N) is 1. The molecule has 0 fully saturated rings. The van der Waals surface area contributed by atoms with Crippen LogP contribution in [0.5, 0.6) is 0 Å². The van der Waals surface area contributed by atoms with E-state index in [1.54, 1.807) is 6.92 Å². The third-order valence-electron chi connectivity index (χ3n) is 2.71. The van der Waals surface area contributed by atoms with E-state index in [1.165, 1.54) is 11.3 Å². The van der Waals surface area contributed by atoms with Crippen LogP contribution in [-0.2, 0) is 14.8 Å². The molecule has 0 unspecified atom stereocenters. The Morgan fingerprint density at radius 2 is 2.17 bits per heavy atom. The molecule has 18 heavy (non-hydrogen) atoms. The highest BCUT2D eigenvalue weighted by Crippen LogP contribution is 2.18. The summed E-state index contributed by atoms with van der Waals surface area (Å²) in [6.07, 6.45) is 2.40. The molecule has 1 atom stereocenters. The van der Waals surface area contributed by atoms with Crippen molar-refractivity contribution in [2.45, 2.75) is 39.0 Å². The number of amides is 1. The van der Waals surface area contributed by atoms with Crippen LogP contribution in [0.1, 0.15) is 44.6 Å². The lowest BCUT2D eigenvalue weighted by atomic mass is 10.1. The van der Waals surface area contributed by atoms with Gasteiger partial charge in [0.2, 0.25) is 15.9 Å². The molecule has 102 valence electrons. The maximum Gasteiger partial charge on any atom is 0.240 e. The molecule has 1 heterocycles. The Bertz CT molecular complexity index is 466. The van der Waals surface area contributed by atoms with Crippen molar-refractivity contribution < 1.29 is 13.2 Å². The third-order valence-corrected chi connectivity index (χ3v) is 4.75. The largest absolute Gasteiger partial charge is 0.273 e. The van der Waals surface area contributed by atoms with Gasteiger partial charge in [0.1, 0.15) is 0 Å². The van der Waals surface area contributed by atoms with Gasteiger partial charge >= 0.3 is 0 Å². The highest BCUT2D eigenvalue weighted by Gasteiger charge is 2.20. The van der Waals surface area contributed by atoms with Crippen LogP contribution >= 0.6 is 11.3 Å². The van der Waals surface area contributed by atoms with Crippen LogP contribution in [0.15, 0.2) is 16.8 Å². The van der Waals surface area contributed by atoms with E-state index in [2.05, 4.69) is 4.72 Å². The zero-order valence-electron chi connectivity index (χ0n) is 10.7. The molecular weight excluding hydrogens is 270 g/mol. The second-order valence-electron chi connectivity index (χ2n) is 4.27. The number of rotatable bonds is 7. The van der Waals surface area contributed by atoms with Crippen molar-refractivity contribution in [2.75, 3.05) is 5.75 Å². The molecule has 1 aromatic heterocycles. The van der Waals surface area contributed by atoms with E-state index in [-0.39, 0.29) is 5.75 Å². The van der Waals surface area contributed by atoms with Gasteiger partial charge < -0.3 is 0 Å². The summed E-state index contributed by atoms with van der Waals surface area (Å²) in [7, 11) is -3.49. The normalized spacial score (nSPS) is 13.2. The molecule has 1 amide bonds. The quantitative estimate of drug-likeness (QED) is 0.784. The van der Waals surface area contributed by atoms with E-state index in [9.17, 15) is 13.2 Å². The molecule has 1 aromatic rings. The number of unbranched alkanes of at least 4 members (excludes halogenated alkanes) is 2. The van der Waals surface area contributed by atoms with Crippen LogP contribution in [0.4, 0.5) is 0 Å². The molecule has 0 aliphatic rings. The van der Waals surface area contributed by atoms with Crippen LogP contribution in [-0.4, -0.2) is 20.1 Å². The molecule has 1 rings (SSSR count). The van der Waals surface area contributed by atoms with Crippen molar-refractivity contribution in [3.63, 3.8) is 0 Å².